The zero-order valence-corrected chi connectivity index (χ0v) is 10.9. The molecule has 0 atom stereocenters. The highest BCUT2D eigenvalue weighted by molar-refractivity contribution is 5.79. The summed E-state index contributed by atoms with van der Waals surface area (Å²) in [5.41, 5.74) is 5.20. The second-order valence-corrected chi connectivity index (χ2v) is 4.61. The molecule has 0 spiro atoms. The summed E-state index contributed by atoms with van der Waals surface area (Å²) >= 11 is 0. The summed E-state index contributed by atoms with van der Waals surface area (Å²) in [6.45, 7) is 4.07. The molecule has 1 aromatic heterocycles. The largest absolute Gasteiger partial charge is 0.304 e. The van der Waals surface area contributed by atoms with Crippen molar-refractivity contribution in [2.24, 2.45) is 0 Å². The maximum Gasteiger partial charge on any atom is 0.252 e. The van der Waals surface area contributed by atoms with Gasteiger partial charge in [0.15, 0.2) is 0 Å². The molecule has 1 amide bonds. The standard InChI is InChI=1S/C12H18FN5O/c1-17-4-6-18(7-5-17)9-12(19)16-15-11-3-2-10(13)8-14-11/h2-3,8H,4-7,9H2,1H3,(H,14,15)(H,16,19). The van der Waals surface area contributed by atoms with Crippen LogP contribution in [0.3, 0.4) is 0 Å². The van der Waals surface area contributed by atoms with Gasteiger partial charge in [-0.15, -0.1) is 0 Å². The van der Waals surface area contributed by atoms with Gasteiger partial charge < -0.3 is 4.90 Å². The zero-order valence-electron chi connectivity index (χ0n) is 10.9. The van der Waals surface area contributed by atoms with Crippen molar-refractivity contribution in [2.75, 3.05) is 45.2 Å². The van der Waals surface area contributed by atoms with E-state index in [1.54, 1.807) is 0 Å². The van der Waals surface area contributed by atoms with Crippen LogP contribution in [0.4, 0.5) is 10.2 Å². The Morgan fingerprint density at radius 3 is 2.74 bits per heavy atom. The fourth-order valence-electron chi connectivity index (χ4n) is 1.83. The third kappa shape index (κ3) is 4.46. The van der Waals surface area contributed by atoms with Gasteiger partial charge in [0.05, 0.1) is 12.7 Å². The minimum Gasteiger partial charge on any atom is -0.304 e. The van der Waals surface area contributed by atoms with Gasteiger partial charge in [0.25, 0.3) is 5.91 Å². The van der Waals surface area contributed by atoms with Crippen LogP contribution in [-0.4, -0.2) is 60.5 Å². The Morgan fingerprint density at radius 1 is 1.37 bits per heavy atom. The molecule has 0 saturated carbocycles. The first-order chi connectivity index (χ1) is 9.13. The Bertz CT molecular complexity index is 417. The molecule has 0 aromatic carbocycles. The Balaban J connectivity index is 1.71. The monoisotopic (exact) mass is 267 g/mol. The van der Waals surface area contributed by atoms with Crippen molar-refractivity contribution in [1.29, 1.82) is 0 Å². The van der Waals surface area contributed by atoms with Crippen molar-refractivity contribution in [3.05, 3.63) is 24.1 Å². The van der Waals surface area contributed by atoms with E-state index in [1.165, 1.54) is 12.1 Å². The molecule has 2 heterocycles. The normalized spacial score (nSPS) is 17.2. The van der Waals surface area contributed by atoms with Crippen LogP contribution in [0.25, 0.3) is 0 Å². The van der Waals surface area contributed by atoms with Crippen LogP contribution in [0.5, 0.6) is 0 Å². The van der Waals surface area contributed by atoms with Gasteiger partial charge in [-0.1, -0.05) is 0 Å². The van der Waals surface area contributed by atoms with E-state index in [-0.39, 0.29) is 5.91 Å². The van der Waals surface area contributed by atoms with E-state index in [0.29, 0.717) is 12.4 Å². The van der Waals surface area contributed by atoms with Crippen LogP contribution in [0.15, 0.2) is 18.3 Å². The van der Waals surface area contributed by atoms with Crippen LogP contribution in [0.2, 0.25) is 0 Å². The number of rotatable bonds is 4. The topological polar surface area (TPSA) is 60.5 Å². The highest BCUT2D eigenvalue weighted by Crippen LogP contribution is 2.02. The van der Waals surface area contributed by atoms with Crippen LogP contribution in [0, 0.1) is 5.82 Å². The smallest absolute Gasteiger partial charge is 0.252 e. The molecule has 1 aliphatic rings. The zero-order chi connectivity index (χ0) is 13.7. The van der Waals surface area contributed by atoms with Gasteiger partial charge in [-0.3, -0.25) is 20.5 Å². The van der Waals surface area contributed by atoms with Gasteiger partial charge in [0.2, 0.25) is 0 Å². The van der Waals surface area contributed by atoms with Crippen molar-refractivity contribution >= 4 is 11.7 Å². The maximum absolute atomic E-state index is 12.6. The van der Waals surface area contributed by atoms with Crippen molar-refractivity contribution in [1.82, 2.24) is 20.2 Å². The maximum atomic E-state index is 12.6. The summed E-state index contributed by atoms with van der Waals surface area (Å²) in [6, 6.07) is 2.74. The third-order valence-electron chi connectivity index (χ3n) is 3.02. The summed E-state index contributed by atoms with van der Waals surface area (Å²) in [7, 11) is 2.07. The van der Waals surface area contributed by atoms with Gasteiger partial charge >= 0.3 is 0 Å². The van der Waals surface area contributed by atoms with E-state index < -0.39 is 5.82 Å². The molecule has 1 aliphatic heterocycles. The van der Waals surface area contributed by atoms with E-state index in [0.717, 1.165) is 32.4 Å². The summed E-state index contributed by atoms with van der Waals surface area (Å²) in [6.07, 6.45) is 1.09. The average Bonchev–Trinajstić information content (AvgIpc) is 2.41. The second-order valence-electron chi connectivity index (χ2n) is 4.61. The number of anilines is 1. The van der Waals surface area contributed by atoms with Crippen LogP contribution >= 0.6 is 0 Å². The van der Waals surface area contributed by atoms with Gasteiger partial charge in [-0.2, -0.15) is 0 Å². The van der Waals surface area contributed by atoms with E-state index in [1.807, 2.05) is 0 Å². The first kappa shape index (κ1) is 13.7. The second kappa shape index (κ2) is 6.44. The molecule has 0 unspecified atom stereocenters. The number of aromatic nitrogens is 1. The van der Waals surface area contributed by atoms with Gasteiger partial charge in [-0.25, -0.2) is 9.37 Å². The Kier molecular flexibility index (Phi) is 4.64. The fourth-order valence-corrected chi connectivity index (χ4v) is 1.83. The fraction of sp³-hybridized carbons (Fsp3) is 0.500. The molecule has 6 nitrogen and oxygen atoms in total. The van der Waals surface area contributed by atoms with Crippen LogP contribution < -0.4 is 10.9 Å². The Hall–Kier alpha value is -1.73. The van der Waals surface area contributed by atoms with E-state index >= 15 is 0 Å². The lowest BCUT2D eigenvalue weighted by Crippen LogP contribution is -2.48. The molecule has 1 aromatic rings. The number of likely N-dealkylation sites (N-methyl/N-ethyl adjacent to an activating group) is 1. The highest BCUT2D eigenvalue weighted by Gasteiger charge is 2.16. The molecule has 19 heavy (non-hydrogen) atoms. The summed E-state index contributed by atoms with van der Waals surface area (Å²) in [5.74, 6) is -0.127. The number of pyridine rings is 1. The van der Waals surface area contributed by atoms with E-state index in [9.17, 15) is 9.18 Å². The minimum absolute atomic E-state index is 0.129. The van der Waals surface area contributed by atoms with Gasteiger partial charge in [-0.05, 0) is 19.2 Å². The SMILES string of the molecule is CN1CCN(CC(=O)NNc2ccc(F)cn2)CC1. The van der Waals surface area contributed by atoms with Crippen LogP contribution in [0.1, 0.15) is 0 Å². The molecule has 1 saturated heterocycles. The first-order valence-electron chi connectivity index (χ1n) is 6.21. The Labute approximate surface area is 111 Å². The summed E-state index contributed by atoms with van der Waals surface area (Å²) in [5, 5.41) is 0. The number of hydrazine groups is 1. The van der Waals surface area contributed by atoms with Gasteiger partial charge in [0, 0.05) is 26.2 Å². The third-order valence-corrected chi connectivity index (χ3v) is 3.02. The minimum atomic E-state index is -0.408. The average molecular weight is 267 g/mol. The number of hydrogen-bond acceptors (Lipinski definition) is 5. The quantitative estimate of drug-likeness (QED) is 0.747. The van der Waals surface area contributed by atoms with Gasteiger partial charge in [0.1, 0.15) is 11.6 Å². The molecule has 0 bridgehead atoms. The van der Waals surface area contributed by atoms with Crippen molar-refractivity contribution in [2.45, 2.75) is 0 Å². The first-order valence-corrected chi connectivity index (χ1v) is 6.21. The van der Waals surface area contributed by atoms with Crippen LogP contribution in [-0.2, 0) is 4.79 Å². The predicted molar refractivity (Wildman–Crippen MR) is 69.9 cm³/mol. The number of hydrogen-bond donors (Lipinski definition) is 2. The molecule has 0 aliphatic carbocycles. The lowest BCUT2D eigenvalue weighted by molar-refractivity contribution is -0.122. The van der Waals surface area contributed by atoms with E-state index in [2.05, 4.69) is 32.7 Å². The Morgan fingerprint density at radius 2 is 2.11 bits per heavy atom. The molecule has 104 valence electrons. The molecule has 2 N–H and O–H groups in total. The van der Waals surface area contributed by atoms with Crippen molar-refractivity contribution < 1.29 is 9.18 Å². The lowest BCUT2D eigenvalue weighted by Gasteiger charge is -2.31. The molecular weight excluding hydrogens is 249 g/mol. The van der Waals surface area contributed by atoms with Crippen molar-refractivity contribution in [3.63, 3.8) is 0 Å². The number of amides is 1. The summed E-state index contributed by atoms with van der Waals surface area (Å²) < 4.78 is 12.6. The number of halogens is 1. The number of carbonyl (C=O) groups is 1. The molecular formula is C12H18FN5O. The number of piperazine rings is 1. The van der Waals surface area contributed by atoms with E-state index in [4.69, 9.17) is 0 Å². The predicted octanol–water partition coefficient (Wildman–Crippen LogP) is -0.0888. The summed E-state index contributed by atoms with van der Waals surface area (Å²) in [4.78, 5) is 19.8. The van der Waals surface area contributed by atoms with Crippen molar-refractivity contribution in [3.8, 4) is 0 Å². The molecule has 2 rings (SSSR count). The molecule has 1 fully saturated rings. The number of nitrogens with zero attached hydrogens (tertiary/aromatic N) is 3. The molecule has 0 radical (unpaired) electrons. The number of carbonyl (C=O) groups excluding carboxylic acids is 1. The number of nitrogens with one attached hydrogen (secondary N) is 2. The lowest BCUT2D eigenvalue weighted by atomic mass is 10.3. The molecule has 7 heteroatoms. The highest BCUT2D eigenvalue weighted by atomic mass is 19.1.